The Bertz CT molecular complexity index is 572. The van der Waals surface area contributed by atoms with Crippen LogP contribution < -0.4 is 14.8 Å². The van der Waals surface area contributed by atoms with Gasteiger partial charge in [-0.15, -0.1) is 0 Å². The minimum absolute atomic E-state index is 0.181. The number of nitrogens with zero attached hydrogens (tertiary/aromatic N) is 1. The van der Waals surface area contributed by atoms with Gasteiger partial charge in [0, 0.05) is 17.8 Å². The van der Waals surface area contributed by atoms with Crippen molar-refractivity contribution >= 4 is 0 Å². The number of rotatable bonds is 7. The first-order valence-electron chi connectivity index (χ1n) is 7.12. The minimum Gasteiger partial charge on any atom is -0.497 e. The summed E-state index contributed by atoms with van der Waals surface area (Å²) < 4.78 is 10.7. The van der Waals surface area contributed by atoms with Crippen molar-refractivity contribution in [2.24, 2.45) is 0 Å². The van der Waals surface area contributed by atoms with Gasteiger partial charge >= 0.3 is 0 Å². The molecule has 0 spiro atoms. The van der Waals surface area contributed by atoms with Gasteiger partial charge in [-0.25, -0.2) is 0 Å². The quantitative estimate of drug-likeness (QED) is 0.849. The molecule has 0 amide bonds. The first kappa shape index (κ1) is 15.3. The van der Waals surface area contributed by atoms with Crippen LogP contribution >= 0.6 is 0 Å². The second-order valence-electron chi connectivity index (χ2n) is 4.78. The summed E-state index contributed by atoms with van der Waals surface area (Å²) in [5.41, 5.74) is 2.34. The summed E-state index contributed by atoms with van der Waals surface area (Å²) in [5, 5.41) is 3.51. The molecule has 1 unspecified atom stereocenters. The van der Waals surface area contributed by atoms with Crippen molar-refractivity contribution in [3.8, 4) is 11.5 Å². The van der Waals surface area contributed by atoms with Gasteiger partial charge in [0.25, 0.3) is 0 Å². The lowest BCUT2D eigenvalue weighted by atomic mass is 9.98. The van der Waals surface area contributed by atoms with E-state index in [1.165, 1.54) is 5.56 Å². The molecule has 0 fully saturated rings. The number of ether oxygens (including phenoxy) is 2. The Morgan fingerprint density at radius 2 is 2.05 bits per heavy atom. The van der Waals surface area contributed by atoms with Gasteiger partial charge in [0.2, 0.25) is 0 Å². The van der Waals surface area contributed by atoms with Crippen LogP contribution in [0.15, 0.2) is 42.7 Å². The smallest absolute Gasteiger partial charge is 0.141 e. The Morgan fingerprint density at radius 1 is 1.19 bits per heavy atom. The van der Waals surface area contributed by atoms with Crippen molar-refractivity contribution < 1.29 is 9.47 Å². The Hall–Kier alpha value is -2.07. The number of benzene rings is 1. The molecule has 0 aliphatic rings. The monoisotopic (exact) mass is 286 g/mol. The van der Waals surface area contributed by atoms with Crippen LogP contribution in [-0.2, 0) is 6.42 Å². The van der Waals surface area contributed by atoms with E-state index < -0.39 is 0 Å². The molecule has 4 nitrogen and oxygen atoms in total. The van der Waals surface area contributed by atoms with Crippen LogP contribution in [0.5, 0.6) is 11.5 Å². The molecule has 1 atom stereocenters. The SMILES string of the molecule is CCNC(Cc1cccc(OC)c1)c1ccncc1OC. The molecular formula is C17H22N2O2. The summed E-state index contributed by atoms with van der Waals surface area (Å²) in [6.45, 7) is 2.99. The van der Waals surface area contributed by atoms with Crippen molar-refractivity contribution in [3.63, 3.8) is 0 Å². The van der Waals surface area contributed by atoms with Crippen LogP contribution in [0.3, 0.4) is 0 Å². The predicted molar refractivity (Wildman–Crippen MR) is 83.9 cm³/mol. The van der Waals surface area contributed by atoms with Gasteiger partial charge in [0.15, 0.2) is 0 Å². The highest BCUT2D eigenvalue weighted by atomic mass is 16.5. The lowest BCUT2D eigenvalue weighted by Gasteiger charge is -2.20. The lowest BCUT2D eigenvalue weighted by Crippen LogP contribution is -2.23. The van der Waals surface area contributed by atoms with Gasteiger partial charge in [0.05, 0.1) is 20.4 Å². The molecule has 112 valence electrons. The van der Waals surface area contributed by atoms with E-state index >= 15 is 0 Å². The fraction of sp³-hybridized carbons (Fsp3) is 0.353. The molecule has 0 radical (unpaired) electrons. The van der Waals surface area contributed by atoms with Gasteiger partial charge in [0.1, 0.15) is 11.5 Å². The van der Waals surface area contributed by atoms with Crippen molar-refractivity contribution in [3.05, 3.63) is 53.9 Å². The zero-order valence-corrected chi connectivity index (χ0v) is 12.8. The summed E-state index contributed by atoms with van der Waals surface area (Å²) in [4.78, 5) is 4.12. The summed E-state index contributed by atoms with van der Waals surface area (Å²) in [7, 11) is 3.36. The molecule has 1 heterocycles. The Morgan fingerprint density at radius 3 is 2.76 bits per heavy atom. The maximum atomic E-state index is 5.43. The van der Waals surface area contributed by atoms with E-state index in [4.69, 9.17) is 9.47 Å². The van der Waals surface area contributed by atoms with Gasteiger partial charge in [-0.3, -0.25) is 4.98 Å². The number of hydrogen-bond acceptors (Lipinski definition) is 4. The van der Waals surface area contributed by atoms with Gasteiger partial charge in [-0.05, 0) is 36.7 Å². The second-order valence-corrected chi connectivity index (χ2v) is 4.78. The Labute approximate surface area is 126 Å². The molecule has 1 aromatic carbocycles. The first-order chi connectivity index (χ1) is 10.3. The van der Waals surface area contributed by atoms with Crippen LogP contribution in [0.2, 0.25) is 0 Å². The average molecular weight is 286 g/mol. The molecule has 0 bridgehead atoms. The molecule has 0 aliphatic carbocycles. The van der Waals surface area contributed by atoms with Crippen LogP contribution in [0.4, 0.5) is 0 Å². The number of nitrogens with one attached hydrogen (secondary N) is 1. The van der Waals surface area contributed by atoms with E-state index in [1.807, 2.05) is 18.2 Å². The molecule has 0 saturated carbocycles. The highest BCUT2D eigenvalue weighted by molar-refractivity contribution is 5.35. The molecule has 2 rings (SSSR count). The zero-order chi connectivity index (χ0) is 15.1. The van der Waals surface area contributed by atoms with Crippen molar-refractivity contribution in [2.75, 3.05) is 20.8 Å². The fourth-order valence-electron chi connectivity index (χ4n) is 2.42. The van der Waals surface area contributed by atoms with E-state index in [9.17, 15) is 0 Å². The van der Waals surface area contributed by atoms with Crippen molar-refractivity contribution in [2.45, 2.75) is 19.4 Å². The maximum absolute atomic E-state index is 5.43. The number of pyridine rings is 1. The van der Waals surface area contributed by atoms with Gasteiger partial charge in [-0.1, -0.05) is 19.1 Å². The number of likely N-dealkylation sites (N-methyl/N-ethyl adjacent to an activating group) is 1. The summed E-state index contributed by atoms with van der Waals surface area (Å²) in [6, 6.07) is 10.3. The average Bonchev–Trinajstić information content (AvgIpc) is 2.54. The maximum Gasteiger partial charge on any atom is 0.141 e. The number of aromatic nitrogens is 1. The molecule has 2 aromatic rings. The molecule has 0 aliphatic heterocycles. The van der Waals surface area contributed by atoms with E-state index in [1.54, 1.807) is 26.6 Å². The second kappa shape index (κ2) is 7.64. The highest BCUT2D eigenvalue weighted by Crippen LogP contribution is 2.27. The van der Waals surface area contributed by atoms with E-state index in [0.29, 0.717) is 0 Å². The van der Waals surface area contributed by atoms with Crippen LogP contribution in [0.1, 0.15) is 24.1 Å². The van der Waals surface area contributed by atoms with Crippen LogP contribution in [-0.4, -0.2) is 25.7 Å². The largest absolute Gasteiger partial charge is 0.497 e. The molecule has 0 saturated heterocycles. The lowest BCUT2D eigenvalue weighted by molar-refractivity contribution is 0.396. The Kier molecular flexibility index (Phi) is 5.58. The molecule has 1 aromatic heterocycles. The summed E-state index contributed by atoms with van der Waals surface area (Å²) in [5.74, 6) is 1.69. The standard InChI is InChI=1S/C17H22N2O2/c1-4-19-16(15-8-9-18-12-17(15)21-3)11-13-6-5-7-14(10-13)20-2/h5-10,12,16,19H,4,11H2,1-3H3. The van der Waals surface area contributed by atoms with Crippen LogP contribution in [0.25, 0.3) is 0 Å². The number of methoxy groups -OCH3 is 2. The predicted octanol–water partition coefficient (Wildman–Crippen LogP) is 2.99. The fourth-order valence-corrected chi connectivity index (χ4v) is 2.42. The molecule has 4 heteroatoms. The highest BCUT2D eigenvalue weighted by Gasteiger charge is 2.16. The van der Waals surface area contributed by atoms with Gasteiger partial charge in [-0.2, -0.15) is 0 Å². The normalized spacial score (nSPS) is 12.0. The summed E-state index contributed by atoms with van der Waals surface area (Å²) >= 11 is 0. The van der Waals surface area contributed by atoms with Crippen molar-refractivity contribution in [1.29, 1.82) is 0 Å². The van der Waals surface area contributed by atoms with E-state index in [0.717, 1.165) is 30.0 Å². The van der Waals surface area contributed by atoms with Gasteiger partial charge < -0.3 is 14.8 Å². The third-order valence-corrected chi connectivity index (χ3v) is 3.44. The molecule has 21 heavy (non-hydrogen) atoms. The summed E-state index contributed by atoms with van der Waals surface area (Å²) in [6.07, 6.45) is 4.42. The van der Waals surface area contributed by atoms with E-state index in [2.05, 4.69) is 29.4 Å². The molecule has 1 N–H and O–H groups in total. The van der Waals surface area contributed by atoms with E-state index in [-0.39, 0.29) is 6.04 Å². The number of hydrogen-bond donors (Lipinski definition) is 1. The molecular weight excluding hydrogens is 264 g/mol. The van der Waals surface area contributed by atoms with Crippen LogP contribution in [0, 0.1) is 0 Å². The third-order valence-electron chi connectivity index (χ3n) is 3.44. The first-order valence-corrected chi connectivity index (χ1v) is 7.12. The zero-order valence-electron chi connectivity index (χ0n) is 12.8. The Balaban J connectivity index is 2.26. The topological polar surface area (TPSA) is 43.4 Å². The van der Waals surface area contributed by atoms with Crippen molar-refractivity contribution in [1.82, 2.24) is 10.3 Å². The minimum atomic E-state index is 0.181. The third kappa shape index (κ3) is 3.95.